The molecule has 0 spiro atoms. The molecule has 0 aromatic carbocycles. The molecule has 1 saturated heterocycles. The zero-order valence-corrected chi connectivity index (χ0v) is 18.1. The maximum atomic E-state index is 5.60. The van der Waals surface area contributed by atoms with Gasteiger partial charge in [0.1, 0.15) is 5.82 Å². The number of hydrogen-bond donors (Lipinski definition) is 2. The van der Waals surface area contributed by atoms with Crippen LogP contribution in [-0.4, -0.2) is 50.3 Å². The first kappa shape index (κ1) is 20.6. The fourth-order valence-electron chi connectivity index (χ4n) is 3.20. The second-order valence-corrected chi connectivity index (χ2v) is 8.74. The molecule has 0 radical (unpaired) electrons. The Morgan fingerprint density at radius 2 is 2.21 bits per heavy atom. The molecular weight excluding hydrogens is 370 g/mol. The van der Waals surface area contributed by atoms with Crippen LogP contribution >= 0.6 is 11.3 Å². The van der Waals surface area contributed by atoms with Gasteiger partial charge in [0.25, 0.3) is 0 Å². The largest absolute Gasteiger partial charge is 0.375 e. The summed E-state index contributed by atoms with van der Waals surface area (Å²) in [5, 5.41) is 8.94. The number of nitrogens with one attached hydrogen (secondary N) is 2. The second-order valence-electron chi connectivity index (χ2n) is 7.79. The average molecular weight is 402 g/mol. The maximum Gasteiger partial charge on any atom is 0.191 e. The van der Waals surface area contributed by atoms with E-state index in [-0.39, 0.29) is 11.5 Å². The fourth-order valence-corrected chi connectivity index (χ4v) is 4.05. The molecule has 7 heteroatoms. The summed E-state index contributed by atoms with van der Waals surface area (Å²) in [4.78, 5) is 12.6. The molecule has 1 atom stereocenters. The molecule has 6 nitrogen and oxygen atoms in total. The van der Waals surface area contributed by atoms with Crippen LogP contribution in [-0.2, 0) is 16.7 Å². The highest BCUT2D eigenvalue weighted by molar-refractivity contribution is 7.10. The lowest BCUT2D eigenvalue weighted by Crippen LogP contribution is -2.43. The van der Waals surface area contributed by atoms with Gasteiger partial charge in [0, 0.05) is 49.7 Å². The molecule has 2 aromatic heterocycles. The molecule has 28 heavy (non-hydrogen) atoms. The summed E-state index contributed by atoms with van der Waals surface area (Å²) in [6.07, 6.45) is 2.19. The summed E-state index contributed by atoms with van der Waals surface area (Å²) in [6.45, 7) is 10.6. The van der Waals surface area contributed by atoms with Crippen molar-refractivity contribution < 1.29 is 4.74 Å². The molecule has 0 aliphatic carbocycles. The molecule has 1 aliphatic rings. The molecule has 2 N–H and O–H groups in total. The van der Waals surface area contributed by atoms with Crippen molar-refractivity contribution in [2.45, 2.75) is 38.8 Å². The van der Waals surface area contributed by atoms with E-state index in [4.69, 9.17) is 4.74 Å². The molecule has 0 bridgehead atoms. The van der Waals surface area contributed by atoms with Crippen molar-refractivity contribution in [3.63, 3.8) is 0 Å². The predicted octanol–water partition coefficient (Wildman–Crippen LogP) is 3.01. The monoisotopic (exact) mass is 401 g/mol. The highest BCUT2D eigenvalue weighted by Gasteiger charge is 2.22. The smallest absolute Gasteiger partial charge is 0.191 e. The molecule has 152 valence electrons. The van der Waals surface area contributed by atoms with Crippen molar-refractivity contribution in [3.05, 3.63) is 46.3 Å². The van der Waals surface area contributed by atoms with Gasteiger partial charge in [-0.2, -0.15) is 0 Å². The van der Waals surface area contributed by atoms with Crippen LogP contribution in [0.2, 0.25) is 0 Å². The standard InChI is InChI=1S/C21H31N5OS/c1-16-14-26(9-10-27-16)19-8-7-17(12-23-19)13-24-20(22-4)25-15-21(2,3)18-6-5-11-28-18/h5-8,11-12,16H,9-10,13-15H2,1-4H3,(H2,22,24,25). The first-order valence-corrected chi connectivity index (χ1v) is 10.7. The second kappa shape index (κ2) is 9.39. The summed E-state index contributed by atoms with van der Waals surface area (Å²) >= 11 is 1.79. The van der Waals surface area contributed by atoms with E-state index in [9.17, 15) is 0 Å². The zero-order chi connectivity index (χ0) is 20.0. The van der Waals surface area contributed by atoms with Crippen LogP contribution < -0.4 is 15.5 Å². The average Bonchev–Trinajstić information content (AvgIpc) is 3.24. The third-order valence-electron chi connectivity index (χ3n) is 4.94. The minimum Gasteiger partial charge on any atom is -0.375 e. The number of ether oxygens (including phenoxy) is 1. The number of morpholine rings is 1. The van der Waals surface area contributed by atoms with E-state index in [1.165, 1.54) is 4.88 Å². The minimum absolute atomic E-state index is 0.0598. The molecule has 3 rings (SSSR count). The van der Waals surface area contributed by atoms with Crippen molar-refractivity contribution in [1.29, 1.82) is 0 Å². The predicted molar refractivity (Wildman–Crippen MR) is 117 cm³/mol. The lowest BCUT2D eigenvalue weighted by atomic mass is 9.91. The number of thiophene rings is 1. The molecular formula is C21H31N5OS. The van der Waals surface area contributed by atoms with Crippen molar-refractivity contribution >= 4 is 23.1 Å². The normalized spacial score (nSPS) is 18.2. The number of hydrogen-bond acceptors (Lipinski definition) is 5. The summed E-state index contributed by atoms with van der Waals surface area (Å²) in [5.74, 6) is 1.81. The van der Waals surface area contributed by atoms with Crippen LogP contribution in [0.3, 0.4) is 0 Å². The quantitative estimate of drug-likeness (QED) is 0.576. The molecule has 2 aromatic rings. The van der Waals surface area contributed by atoms with Crippen LogP contribution in [0.15, 0.2) is 40.8 Å². The van der Waals surface area contributed by atoms with E-state index in [0.29, 0.717) is 6.54 Å². The highest BCUT2D eigenvalue weighted by Crippen LogP contribution is 2.26. The topological polar surface area (TPSA) is 61.8 Å². The van der Waals surface area contributed by atoms with Gasteiger partial charge in [0.15, 0.2) is 5.96 Å². The number of rotatable bonds is 6. The van der Waals surface area contributed by atoms with Gasteiger partial charge in [-0.1, -0.05) is 26.0 Å². The summed E-state index contributed by atoms with van der Waals surface area (Å²) in [5.41, 5.74) is 1.19. The molecule has 1 aliphatic heterocycles. The van der Waals surface area contributed by atoms with Crippen molar-refractivity contribution in [1.82, 2.24) is 15.6 Å². The molecule has 0 amide bonds. The number of aliphatic imine (C=N–C) groups is 1. The first-order chi connectivity index (χ1) is 13.5. The van der Waals surface area contributed by atoms with Gasteiger partial charge in [-0.25, -0.2) is 4.98 Å². The number of guanidine groups is 1. The molecule has 3 heterocycles. The Bertz CT molecular complexity index is 758. The number of pyridine rings is 1. The highest BCUT2D eigenvalue weighted by atomic mass is 32.1. The third kappa shape index (κ3) is 5.45. The van der Waals surface area contributed by atoms with E-state index in [1.807, 2.05) is 6.20 Å². The van der Waals surface area contributed by atoms with Crippen LogP contribution in [0, 0.1) is 0 Å². The summed E-state index contributed by atoms with van der Waals surface area (Å²) in [7, 11) is 1.80. The Morgan fingerprint density at radius 3 is 2.86 bits per heavy atom. The SMILES string of the molecule is CN=C(NCc1ccc(N2CCOC(C)C2)nc1)NCC(C)(C)c1cccs1. The van der Waals surface area contributed by atoms with Crippen LogP contribution in [0.1, 0.15) is 31.2 Å². The number of aromatic nitrogens is 1. The maximum absolute atomic E-state index is 5.60. The number of anilines is 1. The van der Waals surface area contributed by atoms with Gasteiger partial charge in [-0.15, -0.1) is 11.3 Å². The van der Waals surface area contributed by atoms with E-state index >= 15 is 0 Å². The van der Waals surface area contributed by atoms with Gasteiger partial charge in [-0.05, 0) is 30.0 Å². The molecule has 1 unspecified atom stereocenters. The Labute approximate surface area is 172 Å². The van der Waals surface area contributed by atoms with Crippen molar-refractivity contribution in [3.8, 4) is 0 Å². The minimum atomic E-state index is 0.0598. The van der Waals surface area contributed by atoms with E-state index < -0.39 is 0 Å². The van der Waals surface area contributed by atoms with Crippen molar-refractivity contribution in [2.24, 2.45) is 4.99 Å². The van der Waals surface area contributed by atoms with Crippen LogP contribution in [0.25, 0.3) is 0 Å². The van der Waals surface area contributed by atoms with Crippen LogP contribution in [0.4, 0.5) is 5.82 Å². The first-order valence-electron chi connectivity index (χ1n) is 9.78. The van der Waals surface area contributed by atoms with Gasteiger partial charge >= 0.3 is 0 Å². The summed E-state index contributed by atoms with van der Waals surface area (Å²) < 4.78 is 5.60. The lowest BCUT2D eigenvalue weighted by molar-refractivity contribution is 0.0529. The van der Waals surface area contributed by atoms with E-state index in [2.05, 4.69) is 75.9 Å². The Hall–Kier alpha value is -2.12. The van der Waals surface area contributed by atoms with Gasteiger partial charge in [0.2, 0.25) is 0 Å². The van der Waals surface area contributed by atoms with Gasteiger partial charge in [-0.3, -0.25) is 4.99 Å². The van der Waals surface area contributed by atoms with E-state index in [0.717, 1.165) is 43.6 Å². The zero-order valence-electron chi connectivity index (χ0n) is 17.2. The van der Waals surface area contributed by atoms with Crippen LogP contribution in [0.5, 0.6) is 0 Å². The Balaban J connectivity index is 1.49. The molecule has 0 saturated carbocycles. The third-order valence-corrected chi connectivity index (χ3v) is 6.18. The fraction of sp³-hybridized carbons (Fsp3) is 0.524. The lowest BCUT2D eigenvalue weighted by Gasteiger charge is -2.32. The van der Waals surface area contributed by atoms with E-state index in [1.54, 1.807) is 18.4 Å². The molecule has 1 fully saturated rings. The Kier molecular flexibility index (Phi) is 6.91. The Morgan fingerprint density at radius 1 is 1.36 bits per heavy atom. The van der Waals surface area contributed by atoms with Gasteiger partial charge < -0.3 is 20.3 Å². The number of nitrogens with zero attached hydrogens (tertiary/aromatic N) is 3. The van der Waals surface area contributed by atoms with Gasteiger partial charge in [0.05, 0.1) is 12.7 Å². The van der Waals surface area contributed by atoms with Crippen molar-refractivity contribution in [2.75, 3.05) is 38.2 Å². The summed E-state index contributed by atoms with van der Waals surface area (Å²) in [6, 6.07) is 8.50.